The Kier molecular flexibility index (Phi) is 5.44. The largest absolute Gasteiger partial charge is 0.335 e. The van der Waals surface area contributed by atoms with E-state index in [0.717, 1.165) is 43.2 Å². The van der Waals surface area contributed by atoms with Crippen molar-refractivity contribution in [3.05, 3.63) is 35.4 Å². The molecule has 2 aliphatic heterocycles. The lowest BCUT2D eigenvalue weighted by atomic mass is 9.65. The number of halogens is 3. The lowest BCUT2D eigenvalue weighted by Crippen LogP contribution is -2.52. The van der Waals surface area contributed by atoms with Gasteiger partial charge in [0.25, 0.3) is 12.3 Å². The van der Waals surface area contributed by atoms with Crippen LogP contribution in [0.3, 0.4) is 0 Å². The number of carbonyl (C=O) groups is 2. The van der Waals surface area contributed by atoms with Crippen LogP contribution in [0.25, 0.3) is 0 Å². The first-order valence-corrected chi connectivity index (χ1v) is 10.5. The average Bonchev–Trinajstić information content (AvgIpc) is 2.89. The van der Waals surface area contributed by atoms with Crippen molar-refractivity contribution in [2.75, 3.05) is 19.6 Å². The van der Waals surface area contributed by atoms with E-state index >= 15 is 0 Å². The SMILES string of the molecule is O=C1NC(=O)C2(c3ccccc3CCC2CC2CCN(CC(F)F)CC2)N1Br. The zero-order chi connectivity index (χ0) is 19.9. The number of nitrogens with one attached hydrogen (secondary N) is 1. The summed E-state index contributed by atoms with van der Waals surface area (Å²) in [6, 6.07) is 7.40. The van der Waals surface area contributed by atoms with Gasteiger partial charge in [-0.05, 0) is 68.2 Å². The van der Waals surface area contributed by atoms with E-state index in [0.29, 0.717) is 19.0 Å². The number of amides is 3. The summed E-state index contributed by atoms with van der Waals surface area (Å²) >= 11 is 3.38. The van der Waals surface area contributed by atoms with E-state index in [1.54, 1.807) is 0 Å². The monoisotopic (exact) mass is 455 g/mol. The molecule has 2 unspecified atom stereocenters. The summed E-state index contributed by atoms with van der Waals surface area (Å²) in [6.07, 6.45) is 1.88. The zero-order valence-electron chi connectivity index (χ0n) is 15.5. The maximum absolute atomic E-state index is 13.1. The zero-order valence-corrected chi connectivity index (χ0v) is 17.1. The molecule has 3 amide bonds. The third-order valence-electron chi connectivity index (χ3n) is 6.56. The molecule has 4 rings (SSSR count). The standard InChI is InChI=1S/C20H24BrF2N3O2/c21-26-19(28)24-18(27)20(26)15(6-5-14-3-1-2-4-16(14)20)11-13-7-9-25(10-8-13)12-17(22)23/h1-4,13,15,17H,5-12H2,(H,24,27,28). The second kappa shape index (κ2) is 7.71. The lowest BCUT2D eigenvalue weighted by molar-refractivity contribution is -0.129. The van der Waals surface area contributed by atoms with Crippen LogP contribution in [-0.2, 0) is 16.8 Å². The number of piperidine rings is 1. The minimum Gasteiger partial charge on any atom is -0.298 e. The molecule has 0 bridgehead atoms. The highest BCUT2D eigenvalue weighted by atomic mass is 79.9. The highest BCUT2D eigenvalue weighted by molar-refractivity contribution is 9.07. The van der Waals surface area contributed by atoms with Crippen molar-refractivity contribution in [3.8, 4) is 0 Å². The summed E-state index contributed by atoms with van der Waals surface area (Å²) in [5.74, 6) is 0.0759. The topological polar surface area (TPSA) is 52.7 Å². The number of aryl methyl sites for hydroxylation is 1. The number of likely N-dealkylation sites (tertiary alicyclic amines) is 1. The van der Waals surface area contributed by atoms with Gasteiger partial charge in [-0.3, -0.25) is 15.0 Å². The molecule has 0 radical (unpaired) electrons. The first-order chi connectivity index (χ1) is 13.4. The molecular formula is C20H24BrF2N3O2. The molecule has 1 N–H and O–H groups in total. The van der Waals surface area contributed by atoms with Crippen molar-refractivity contribution in [2.24, 2.45) is 11.8 Å². The average molecular weight is 456 g/mol. The molecule has 2 atom stereocenters. The predicted molar refractivity (Wildman–Crippen MR) is 104 cm³/mol. The van der Waals surface area contributed by atoms with Crippen molar-refractivity contribution in [2.45, 2.75) is 44.1 Å². The van der Waals surface area contributed by atoms with Gasteiger partial charge in [0.05, 0.1) is 22.7 Å². The summed E-state index contributed by atoms with van der Waals surface area (Å²) in [6.45, 7) is 1.16. The number of imide groups is 1. The number of hydrogen-bond acceptors (Lipinski definition) is 3. The Morgan fingerprint density at radius 3 is 2.54 bits per heavy atom. The molecule has 5 nitrogen and oxygen atoms in total. The van der Waals surface area contributed by atoms with Crippen LogP contribution >= 0.6 is 16.1 Å². The number of carbonyl (C=O) groups excluding carboxylic acids is 2. The smallest absolute Gasteiger partial charge is 0.298 e. The normalized spacial score (nSPS) is 28.9. The molecule has 0 aromatic heterocycles. The number of hydrogen-bond donors (Lipinski definition) is 1. The molecule has 1 aliphatic carbocycles. The van der Waals surface area contributed by atoms with E-state index in [-0.39, 0.29) is 18.4 Å². The molecule has 2 fully saturated rings. The Hall–Kier alpha value is -1.54. The molecule has 2 saturated heterocycles. The Morgan fingerprint density at radius 2 is 1.89 bits per heavy atom. The number of nitrogens with zero attached hydrogens (tertiary/aromatic N) is 2. The van der Waals surface area contributed by atoms with Gasteiger partial charge >= 0.3 is 6.03 Å². The maximum atomic E-state index is 13.1. The minimum atomic E-state index is -2.30. The Balaban J connectivity index is 1.57. The number of fused-ring (bicyclic) bond motifs is 2. The van der Waals surface area contributed by atoms with E-state index in [1.165, 1.54) is 3.93 Å². The van der Waals surface area contributed by atoms with Gasteiger partial charge < -0.3 is 0 Å². The van der Waals surface area contributed by atoms with Crippen molar-refractivity contribution in [3.63, 3.8) is 0 Å². The van der Waals surface area contributed by atoms with E-state index in [9.17, 15) is 18.4 Å². The number of alkyl halides is 2. The van der Waals surface area contributed by atoms with Gasteiger partial charge in [0.15, 0.2) is 5.54 Å². The molecular weight excluding hydrogens is 432 g/mol. The van der Waals surface area contributed by atoms with Gasteiger partial charge in [0, 0.05) is 0 Å². The predicted octanol–water partition coefficient (Wildman–Crippen LogP) is 3.67. The summed E-state index contributed by atoms with van der Waals surface area (Å²) < 4.78 is 26.6. The van der Waals surface area contributed by atoms with Gasteiger partial charge in [-0.15, -0.1) is 0 Å². The van der Waals surface area contributed by atoms with Crippen LogP contribution in [0.4, 0.5) is 13.6 Å². The summed E-state index contributed by atoms with van der Waals surface area (Å²) in [4.78, 5) is 27.2. The number of urea groups is 1. The van der Waals surface area contributed by atoms with Crippen LogP contribution in [0.15, 0.2) is 24.3 Å². The molecule has 152 valence electrons. The van der Waals surface area contributed by atoms with E-state index in [2.05, 4.69) is 21.5 Å². The number of rotatable bonds is 4. The van der Waals surface area contributed by atoms with Crippen LogP contribution in [0.2, 0.25) is 0 Å². The summed E-state index contributed by atoms with van der Waals surface area (Å²) in [5, 5.41) is 2.47. The maximum Gasteiger partial charge on any atom is 0.335 e. The third-order valence-corrected chi connectivity index (χ3v) is 7.44. The van der Waals surface area contributed by atoms with Gasteiger partial charge in [-0.1, -0.05) is 24.3 Å². The van der Waals surface area contributed by atoms with Gasteiger partial charge in [-0.2, -0.15) is 0 Å². The summed E-state index contributed by atoms with van der Waals surface area (Å²) in [5.41, 5.74) is 0.952. The first kappa shape index (κ1) is 19.8. The quantitative estimate of drug-likeness (QED) is 0.556. The van der Waals surface area contributed by atoms with Crippen molar-refractivity contribution < 1.29 is 18.4 Å². The van der Waals surface area contributed by atoms with Crippen molar-refractivity contribution in [1.29, 1.82) is 0 Å². The highest BCUT2D eigenvalue weighted by Gasteiger charge is 2.60. The molecule has 8 heteroatoms. The van der Waals surface area contributed by atoms with Gasteiger partial charge in [0.1, 0.15) is 0 Å². The van der Waals surface area contributed by atoms with Crippen molar-refractivity contribution in [1.82, 2.24) is 14.1 Å². The van der Waals surface area contributed by atoms with Crippen LogP contribution in [0, 0.1) is 11.8 Å². The molecule has 2 heterocycles. The lowest BCUT2D eigenvalue weighted by Gasteiger charge is -2.45. The molecule has 28 heavy (non-hydrogen) atoms. The third kappa shape index (κ3) is 3.24. The van der Waals surface area contributed by atoms with Crippen LogP contribution in [-0.4, -0.2) is 46.8 Å². The van der Waals surface area contributed by atoms with Crippen LogP contribution in [0.1, 0.15) is 36.8 Å². The molecule has 1 aromatic rings. The molecule has 0 saturated carbocycles. The molecule has 1 spiro atoms. The summed E-state index contributed by atoms with van der Waals surface area (Å²) in [7, 11) is 0. The van der Waals surface area contributed by atoms with E-state index < -0.39 is 18.0 Å². The first-order valence-electron chi connectivity index (χ1n) is 9.83. The fourth-order valence-electron chi connectivity index (χ4n) is 5.22. The fraction of sp³-hybridized carbons (Fsp3) is 0.600. The second-order valence-electron chi connectivity index (χ2n) is 8.07. The van der Waals surface area contributed by atoms with E-state index in [4.69, 9.17) is 0 Å². The Labute approximate surface area is 171 Å². The molecule has 1 aromatic carbocycles. The van der Waals surface area contributed by atoms with Gasteiger partial charge in [-0.25, -0.2) is 17.5 Å². The minimum absolute atomic E-state index is 0.0140. The van der Waals surface area contributed by atoms with Crippen molar-refractivity contribution >= 4 is 28.1 Å². The highest BCUT2D eigenvalue weighted by Crippen LogP contribution is 2.51. The van der Waals surface area contributed by atoms with Crippen LogP contribution in [0.5, 0.6) is 0 Å². The second-order valence-corrected chi connectivity index (χ2v) is 8.78. The fourth-order valence-corrected chi connectivity index (χ4v) is 5.95. The van der Waals surface area contributed by atoms with Gasteiger partial charge in [0.2, 0.25) is 0 Å². The Morgan fingerprint density at radius 1 is 1.18 bits per heavy atom. The van der Waals surface area contributed by atoms with E-state index in [1.807, 2.05) is 29.2 Å². The number of benzene rings is 1. The van der Waals surface area contributed by atoms with Crippen LogP contribution < -0.4 is 5.32 Å². The Bertz CT molecular complexity index is 770. The molecule has 3 aliphatic rings.